The Morgan fingerprint density at radius 2 is 1.94 bits per heavy atom. The molecule has 2 rings (SSSR count). The zero-order chi connectivity index (χ0) is 13.1. The summed E-state index contributed by atoms with van der Waals surface area (Å²) in [6.07, 6.45) is 3.02. The molecule has 1 heterocycles. The minimum Gasteiger partial charge on any atom is -0.505 e. The van der Waals surface area contributed by atoms with Crippen molar-refractivity contribution in [3.05, 3.63) is 52.3 Å². The summed E-state index contributed by atoms with van der Waals surface area (Å²) in [6, 6.07) is 6.12. The number of anilines is 1. The zero-order valence-corrected chi connectivity index (χ0v) is 10.5. The van der Waals surface area contributed by atoms with E-state index in [1.54, 1.807) is 18.3 Å². The molecule has 4 nitrogen and oxygen atoms in total. The lowest BCUT2D eigenvalue weighted by atomic mass is 10.2. The highest BCUT2D eigenvalue weighted by Crippen LogP contribution is 2.34. The van der Waals surface area contributed by atoms with Crippen molar-refractivity contribution in [2.75, 3.05) is 5.32 Å². The fourth-order valence-corrected chi connectivity index (χ4v) is 1.83. The quantitative estimate of drug-likeness (QED) is 0.831. The maximum Gasteiger partial charge on any atom is 0.257 e. The van der Waals surface area contributed by atoms with Crippen LogP contribution in [0.1, 0.15) is 10.4 Å². The Labute approximate surface area is 113 Å². The first-order valence-electron chi connectivity index (χ1n) is 4.97. The number of benzene rings is 1. The Bertz CT molecular complexity index is 565. The van der Waals surface area contributed by atoms with Gasteiger partial charge in [-0.1, -0.05) is 23.2 Å². The number of nitrogens with one attached hydrogen (secondary N) is 1. The van der Waals surface area contributed by atoms with Crippen LogP contribution in [0.3, 0.4) is 0 Å². The normalized spacial score (nSPS) is 10.1. The van der Waals surface area contributed by atoms with Gasteiger partial charge in [-0.2, -0.15) is 0 Å². The highest BCUT2D eigenvalue weighted by molar-refractivity contribution is 6.37. The van der Waals surface area contributed by atoms with E-state index in [4.69, 9.17) is 23.2 Å². The van der Waals surface area contributed by atoms with E-state index in [-0.39, 0.29) is 21.7 Å². The third-order valence-electron chi connectivity index (χ3n) is 2.20. The Kier molecular flexibility index (Phi) is 3.69. The van der Waals surface area contributed by atoms with Gasteiger partial charge in [-0.05, 0) is 24.3 Å². The summed E-state index contributed by atoms with van der Waals surface area (Å²) in [5, 5.41) is 12.1. The van der Waals surface area contributed by atoms with Crippen molar-refractivity contribution < 1.29 is 9.90 Å². The SMILES string of the molecule is O=C(Nc1cc(Cl)c(O)c(Cl)c1)c1cccnc1. The van der Waals surface area contributed by atoms with Crippen LogP contribution >= 0.6 is 23.2 Å². The first-order valence-corrected chi connectivity index (χ1v) is 5.73. The highest BCUT2D eigenvalue weighted by atomic mass is 35.5. The molecular formula is C12H8Cl2N2O2. The average Bonchev–Trinajstić information content (AvgIpc) is 2.37. The molecule has 0 unspecified atom stereocenters. The van der Waals surface area contributed by atoms with Crippen molar-refractivity contribution in [2.45, 2.75) is 0 Å². The molecule has 1 aromatic heterocycles. The molecule has 2 N–H and O–H groups in total. The minimum atomic E-state index is -0.332. The fraction of sp³-hybridized carbons (Fsp3) is 0. The topological polar surface area (TPSA) is 62.2 Å². The van der Waals surface area contributed by atoms with Gasteiger partial charge in [0.15, 0.2) is 5.75 Å². The summed E-state index contributed by atoms with van der Waals surface area (Å²) < 4.78 is 0. The van der Waals surface area contributed by atoms with E-state index in [2.05, 4.69) is 10.3 Å². The Balaban J connectivity index is 2.23. The summed E-state index contributed by atoms with van der Waals surface area (Å²) in [4.78, 5) is 15.7. The fourth-order valence-electron chi connectivity index (χ4n) is 1.34. The first-order chi connectivity index (χ1) is 8.58. The van der Waals surface area contributed by atoms with E-state index in [0.717, 1.165) is 0 Å². The van der Waals surface area contributed by atoms with Gasteiger partial charge >= 0.3 is 0 Å². The predicted octanol–water partition coefficient (Wildman–Crippen LogP) is 3.35. The minimum absolute atomic E-state index is 0.0731. The van der Waals surface area contributed by atoms with Crippen LogP contribution < -0.4 is 5.32 Å². The number of pyridine rings is 1. The number of carbonyl (C=O) groups is 1. The van der Waals surface area contributed by atoms with Crippen molar-refractivity contribution in [1.82, 2.24) is 4.98 Å². The lowest BCUT2D eigenvalue weighted by Gasteiger charge is -2.07. The van der Waals surface area contributed by atoms with Crippen LogP contribution in [0.2, 0.25) is 10.0 Å². The maximum atomic E-state index is 11.8. The number of hydrogen-bond acceptors (Lipinski definition) is 3. The number of amides is 1. The molecule has 0 atom stereocenters. The van der Waals surface area contributed by atoms with Crippen LogP contribution in [0.15, 0.2) is 36.7 Å². The number of carbonyl (C=O) groups excluding carboxylic acids is 1. The molecule has 0 aliphatic heterocycles. The van der Waals surface area contributed by atoms with E-state index >= 15 is 0 Å². The molecule has 92 valence electrons. The number of phenols is 1. The third kappa shape index (κ3) is 2.72. The summed E-state index contributed by atoms with van der Waals surface area (Å²) in [5.74, 6) is -0.543. The monoisotopic (exact) mass is 282 g/mol. The third-order valence-corrected chi connectivity index (χ3v) is 2.77. The molecule has 0 aliphatic rings. The molecular weight excluding hydrogens is 275 g/mol. The lowest BCUT2D eigenvalue weighted by Crippen LogP contribution is -2.11. The molecule has 0 saturated carbocycles. The highest BCUT2D eigenvalue weighted by Gasteiger charge is 2.10. The summed E-state index contributed by atoms with van der Waals surface area (Å²) in [6.45, 7) is 0. The number of rotatable bonds is 2. The van der Waals surface area contributed by atoms with E-state index in [9.17, 15) is 9.90 Å². The molecule has 0 radical (unpaired) electrons. The second-order valence-electron chi connectivity index (χ2n) is 3.48. The summed E-state index contributed by atoms with van der Waals surface area (Å²) >= 11 is 11.5. The Morgan fingerprint density at radius 3 is 2.50 bits per heavy atom. The summed E-state index contributed by atoms with van der Waals surface area (Å²) in [7, 11) is 0. The van der Waals surface area contributed by atoms with Gasteiger partial charge in [0.1, 0.15) is 0 Å². The van der Waals surface area contributed by atoms with Crippen molar-refractivity contribution in [2.24, 2.45) is 0 Å². The predicted molar refractivity (Wildman–Crippen MR) is 70.3 cm³/mol. The standard InChI is InChI=1S/C12H8Cl2N2O2/c13-9-4-8(5-10(14)11(9)17)16-12(18)7-2-1-3-15-6-7/h1-6,17H,(H,16,18). The van der Waals surface area contributed by atoms with Crippen LogP contribution in [0.25, 0.3) is 0 Å². The van der Waals surface area contributed by atoms with Gasteiger partial charge in [-0.15, -0.1) is 0 Å². The van der Waals surface area contributed by atoms with Crippen LogP contribution in [0.5, 0.6) is 5.75 Å². The lowest BCUT2D eigenvalue weighted by molar-refractivity contribution is 0.102. The maximum absolute atomic E-state index is 11.8. The number of halogens is 2. The molecule has 6 heteroatoms. The molecule has 0 spiro atoms. The molecule has 0 saturated heterocycles. The zero-order valence-electron chi connectivity index (χ0n) is 9.02. The second-order valence-corrected chi connectivity index (χ2v) is 4.30. The van der Waals surface area contributed by atoms with Crippen LogP contribution in [0, 0.1) is 0 Å². The van der Waals surface area contributed by atoms with Crippen molar-refractivity contribution >= 4 is 34.8 Å². The second kappa shape index (κ2) is 5.25. The van der Waals surface area contributed by atoms with Gasteiger partial charge in [0.2, 0.25) is 0 Å². The molecule has 1 aromatic carbocycles. The Hall–Kier alpha value is -1.78. The molecule has 2 aromatic rings. The number of aromatic hydroxyl groups is 1. The summed E-state index contributed by atoms with van der Waals surface area (Å²) in [5.41, 5.74) is 0.814. The van der Waals surface area contributed by atoms with E-state index in [0.29, 0.717) is 11.3 Å². The number of hydrogen-bond donors (Lipinski definition) is 2. The molecule has 1 amide bonds. The van der Waals surface area contributed by atoms with E-state index in [1.807, 2.05) is 0 Å². The Morgan fingerprint density at radius 1 is 1.28 bits per heavy atom. The van der Waals surface area contributed by atoms with Gasteiger partial charge in [-0.3, -0.25) is 9.78 Å². The van der Waals surface area contributed by atoms with Gasteiger partial charge in [0.25, 0.3) is 5.91 Å². The van der Waals surface area contributed by atoms with Crippen molar-refractivity contribution in [1.29, 1.82) is 0 Å². The van der Waals surface area contributed by atoms with Gasteiger partial charge < -0.3 is 10.4 Å². The van der Waals surface area contributed by atoms with E-state index < -0.39 is 0 Å². The van der Waals surface area contributed by atoms with Gasteiger partial charge in [0, 0.05) is 18.1 Å². The van der Waals surface area contributed by atoms with Crippen LogP contribution in [-0.2, 0) is 0 Å². The number of aromatic nitrogens is 1. The van der Waals surface area contributed by atoms with Crippen molar-refractivity contribution in [3.8, 4) is 5.75 Å². The van der Waals surface area contributed by atoms with Crippen molar-refractivity contribution in [3.63, 3.8) is 0 Å². The smallest absolute Gasteiger partial charge is 0.257 e. The van der Waals surface area contributed by atoms with Gasteiger partial charge in [-0.25, -0.2) is 0 Å². The molecule has 0 fully saturated rings. The molecule has 18 heavy (non-hydrogen) atoms. The largest absolute Gasteiger partial charge is 0.505 e. The number of nitrogens with zero attached hydrogens (tertiary/aromatic N) is 1. The van der Waals surface area contributed by atoms with Gasteiger partial charge in [0.05, 0.1) is 15.6 Å². The molecule has 0 aliphatic carbocycles. The number of phenolic OH excluding ortho intramolecular Hbond substituents is 1. The van der Waals surface area contributed by atoms with Crippen LogP contribution in [0.4, 0.5) is 5.69 Å². The average molecular weight is 283 g/mol. The van der Waals surface area contributed by atoms with Crippen LogP contribution in [-0.4, -0.2) is 16.0 Å². The molecule has 0 bridgehead atoms. The van der Waals surface area contributed by atoms with E-state index in [1.165, 1.54) is 18.3 Å². The first kappa shape index (κ1) is 12.7.